The Morgan fingerprint density at radius 1 is 1.43 bits per heavy atom. The number of rotatable bonds is 7. The Kier molecular flexibility index (Phi) is 6.49. The number of methoxy groups -OCH3 is 1. The third kappa shape index (κ3) is 5.19. The van der Waals surface area contributed by atoms with E-state index in [1.165, 1.54) is 0 Å². The van der Waals surface area contributed by atoms with E-state index in [0.29, 0.717) is 6.61 Å². The largest absolute Gasteiger partial charge is 0.480 e. The van der Waals surface area contributed by atoms with Crippen LogP contribution in [-0.4, -0.2) is 48.3 Å². The molecule has 0 aromatic carbocycles. The van der Waals surface area contributed by atoms with Crippen molar-refractivity contribution in [2.24, 2.45) is 0 Å². The summed E-state index contributed by atoms with van der Waals surface area (Å²) in [6.07, 6.45) is 0.863. The summed E-state index contributed by atoms with van der Waals surface area (Å²) in [7, 11) is 1.66. The number of carboxylic acids is 1. The monoisotopic (exact) mass is 203 g/mol. The maximum atomic E-state index is 10.6. The van der Waals surface area contributed by atoms with E-state index in [4.69, 9.17) is 9.84 Å². The highest BCUT2D eigenvalue weighted by molar-refractivity contribution is 5.69. The van der Waals surface area contributed by atoms with Crippen molar-refractivity contribution in [2.75, 3.05) is 20.3 Å². The lowest BCUT2D eigenvalue weighted by atomic mass is 10.1. The molecule has 0 fully saturated rings. The van der Waals surface area contributed by atoms with Crippen molar-refractivity contribution in [3.05, 3.63) is 0 Å². The van der Waals surface area contributed by atoms with Crippen molar-refractivity contribution < 1.29 is 14.6 Å². The molecule has 14 heavy (non-hydrogen) atoms. The molecule has 4 nitrogen and oxygen atoms in total. The Morgan fingerprint density at radius 3 is 2.36 bits per heavy atom. The van der Waals surface area contributed by atoms with Gasteiger partial charge in [0.25, 0.3) is 0 Å². The van der Waals surface area contributed by atoms with Gasteiger partial charge in [0.2, 0.25) is 0 Å². The first-order valence-corrected chi connectivity index (χ1v) is 4.95. The molecule has 4 heteroatoms. The van der Waals surface area contributed by atoms with E-state index < -0.39 is 5.97 Å². The topological polar surface area (TPSA) is 49.8 Å². The number of hydrogen-bond donors (Lipinski definition) is 1. The molecular formula is C10H21NO3. The quantitative estimate of drug-likeness (QED) is 0.675. The molecule has 84 valence electrons. The minimum Gasteiger partial charge on any atom is -0.480 e. The molecule has 0 rings (SSSR count). The Labute approximate surface area is 85.9 Å². The number of carboxylic acid groups (broad SMARTS) is 1. The first kappa shape index (κ1) is 13.4. The van der Waals surface area contributed by atoms with Gasteiger partial charge in [-0.25, -0.2) is 0 Å². The van der Waals surface area contributed by atoms with Gasteiger partial charge in [0.1, 0.15) is 0 Å². The number of ether oxygens (including phenoxy) is 1. The number of aliphatic carboxylic acids is 1. The summed E-state index contributed by atoms with van der Waals surface area (Å²) < 4.78 is 4.97. The van der Waals surface area contributed by atoms with Crippen LogP contribution in [0, 0.1) is 0 Å². The summed E-state index contributed by atoms with van der Waals surface area (Å²) in [5.74, 6) is -0.775. The van der Waals surface area contributed by atoms with Crippen LogP contribution in [-0.2, 0) is 9.53 Å². The standard InChI is InChI=1S/C10H21NO3/c1-8(2)11(7-10(12)13)9(3)5-6-14-4/h8-9H,5-7H2,1-4H3,(H,12,13). The lowest BCUT2D eigenvalue weighted by Gasteiger charge is -2.31. The molecule has 0 saturated heterocycles. The second-order valence-electron chi connectivity index (χ2n) is 3.79. The molecule has 0 amide bonds. The second kappa shape index (κ2) is 6.79. The normalized spacial score (nSPS) is 13.6. The predicted molar refractivity (Wildman–Crippen MR) is 55.4 cm³/mol. The van der Waals surface area contributed by atoms with Crippen molar-refractivity contribution >= 4 is 5.97 Å². The van der Waals surface area contributed by atoms with Crippen LogP contribution in [0.15, 0.2) is 0 Å². The molecule has 0 saturated carbocycles. The van der Waals surface area contributed by atoms with Crippen molar-refractivity contribution in [1.29, 1.82) is 0 Å². The van der Waals surface area contributed by atoms with Crippen LogP contribution < -0.4 is 0 Å². The van der Waals surface area contributed by atoms with Gasteiger partial charge >= 0.3 is 5.97 Å². The predicted octanol–water partition coefficient (Wildman–Crippen LogP) is 1.21. The SMILES string of the molecule is COCCC(C)N(CC(=O)O)C(C)C. The van der Waals surface area contributed by atoms with Crippen molar-refractivity contribution in [3.8, 4) is 0 Å². The number of carbonyl (C=O) groups is 1. The molecule has 0 aromatic heterocycles. The van der Waals surface area contributed by atoms with E-state index in [2.05, 4.69) is 0 Å². The van der Waals surface area contributed by atoms with Gasteiger partial charge in [0.15, 0.2) is 0 Å². The molecule has 0 heterocycles. The van der Waals surface area contributed by atoms with Gasteiger partial charge in [-0.1, -0.05) is 0 Å². The average molecular weight is 203 g/mol. The molecule has 0 aliphatic heterocycles. The molecule has 0 aromatic rings. The maximum absolute atomic E-state index is 10.6. The highest BCUT2D eigenvalue weighted by Crippen LogP contribution is 2.08. The highest BCUT2D eigenvalue weighted by Gasteiger charge is 2.19. The Hall–Kier alpha value is -0.610. The van der Waals surface area contributed by atoms with E-state index in [1.807, 2.05) is 25.7 Å². The third-order valence-corrected chi connectivity index (χ3v) is 2.29. The maximum Gasteiger partial charge on any atom is 0.317 e. The molecule has 0 radical (unpaired) electrons. The van der Waals surface area contributed by atoms with Gasteiger partial charge in [0.05, 0.1) is 6.54 Å². The Morgan fingerprint density at radius 2 is 2.00 bits per heavy atom. The van der Waals surface area contributed by atoms with Gasteiger partial charge in [0, 0.05) is 25.8 Å². The minimum absolute atomic E-state index is 0.0997. The van der Waals surface area contributed by atoms with Crippen LogP contribution in [0.1, 0.15) is 27.2 Å². The third-order valence-electron chi connectivity index (χ3n) is 2.29. The number of nitrogens with zero attached hydrogens (tertiary/aromatic N) is 1. The summed E-state index contributed by atoms with van der Waals surface area (Å²) in [6, 6.07) is 0.490. The zero-order valence-electron chi connectivity index (χ0n) is 9.49. The van der Waals surface area contributed by atoms with E-state index in [0.717, 1.165) is 6.42 Å². The lowest BCUT2D eigenvalue weighted by Crippen LogP contribution is -2.42. The fourth-order valence-electron chi connectivity index (χ4n) is 1.46. The molecule has 0 aliphatic carbocycles. The minimum atomic E-state index is -0.775. The van der Waals surface area contributed by atoms with Gasteiger partial charge < -0.3 is 9.84 Å². The highest BCUT2D eigenvalue weighted by atomic mass is 16.5. The van der Waals surface area contributed by atoms with Gasteiger partial charge in [-0.3, -0.25) is 9.69 Å². The Bertz CT molecular complexity index is 171. The summed E-state index contributed by atoms with van der Waals surface area (Å²) >= 11 is 0. The van der Waals surface area contributed by atoms with Crippen LogP contribution in [0.25, 0.3) is 0 Å². The molecule has 0 spiro atoms. The van der Waals surface area contributed by atoms with Crippen molar-refractivity contribution in [1.82, 2.24) is 4.90 Å². The molecule has 1 N–H and O–H groups in total. The molecular weight excluding hydrogens is 182 g/mol. The van der Waals surface area contributed by atoms with Crippen LogP contribution in [0.4, 0.5) is 0 Å². The van der Waals surface area contributed by atoms with E-state index in [1.54, 1.807) is 7.11 Å². The summed E-state index contributed by atoms with van der Waals surface area (Å²) in [5.41, 5.74) is 0. The smallest absolute Gasteiger partial charge is 0.317 e. The van der Waals surface area contributed by atoms with Gasteiger partial charge in [-0.2, -0.15) is 0 Å². The van der Waals surface area contributed by atoms with Crippen molar-refractivity contribution in [2.45, 2.75) is 39.3 Å². The first-order chi connectivity index (χ1) is 6.49. The Balaban J connectivity index is 4.11. The van der Waals surface area contributed by atoms with Crippen LogP contribution in [0.2, 0.25) is 0 Å². The van der Waals surface area contributed by atoms with Crippen molar-refractivity contribution in [3.63, 3.8) is 0 Å². The molecule has 1 unspecified atom stereocenters. The summed E-state index contributed by atoms with van der Waals surface area (Å²) in [4.78, 5) is 12.6. The van der Waals surface area contributed by atoms with E-state index in [9.17, 15) is 4.79 Å². The molecule has 0 bridgehead atoms. The van der Waals surface area contributed by atoms with Crippen LogP contribution in [0.3, 0.4) is 0 Å². The fourth-order valence-corrected chi connectivity index (χ4v) is 1.46. The summed E-state index contributed by atoms with van der Waals surface area (Å²) in [5, 5.41) is 8.73. The lowest BCUT2D eigenvalue weighted by molar-refractivity contribution is -0.139. The zero-order valence-corrected chi connectivity index (χ0v) is 9.49. The van der Waals surface area contributed by atoms with Gasteiger partial charge in [-0.15, -0.1) is 0 Å². The number of hydrogen-bond acceptors (Lipinski definition) is 3. The summed E-state index contributed by atoms with van der Waals surface area (Å²) in [6.45, 7) is 6.81. The molecule has 0 aliphatic rings. The zero-order chi connectivity index (χ0) is 11.1. The molecule has 1 atom stereocenters. The van der Waals surface area contributed by atoms with E-state index >= 15 is 0 Å². The van der Waals surface area contributed by atoms with Crippen LogP contribution in [0.5, 0.6) is 0 Å². The second-order valence-corrected chi connectivity index (χ2v) is 3.79. The fraction of sp³-hybridized carbons (Fsp3) is 0.900. The first-order valence-electron chi connectivity index (χ1n) is 4.95. The van der Waals surface area contributed by atoms with Gasteiger partial charge in [-0.05, 0) is 27.2 Å². The average Bonchev–Trinajstić information content (AvgIpc) is 2.09. The van der Waals surface area contributed by atoms with Crippen LogP contribution >= 0.6 is 0 Å². The van der Waals surface area contributed by atoms with E-state index in [-0.39, 0.29) is 18.6 Å².